The monoisotopic (exact) mass is 373 g/mol. The molecule has 0 radical (unpaired) electrons. The fourth-order valence-corrected chi connectivity index (χ4v) is 3.56. The largest absolute Gasteiger partial charge is 0.392 e. The van der Waals surface area contributed by atoms with Crippen molar-refractivity contribution in [3.8, 4) is 11.1 Å². The molecule has 0 amide bonds. The Balaban J connectivity index is 2.79. The van der Waals surface area contributed by atoms with Gasteiger partial charge in [0.2, 0.25) is 0 Å². The van der Waals surface area contributed by atoms with E-state index in [0.29, 0.717) is 0 Å². The topological polar surface area (TPSA) is 42.4 Å². The van der Waals surface area contributed by atoms with Crippen molar-refractivity contribution in [2.75, 3.05) is 7.11 Å². The van der Waals surface area contributed by atoms with Gasteiger partial charge in [-0.15, -0.1) is 0 Å². The lowest BCUT2D eigenvalue weighted by Crippen LogP contribution is -2.14. The molecule has 4 heteroatoms. The van der Waals surface area contributed by atoms with Crippen LogP contribution in [0.4, 0.5) is 4.39 Å². The van der Waals surface area contributed by atoms with Crippen LogP contribution in [-0.2, 0) is 17.8 Å². The maximum atomic E-state index is 13.5. The third-order valence-corrected chi connectivity index (χ3v) is 5.07. The number of ether oxygens (including phenoxy) is 1. The van der Waals surface area contributed by atoms with Crippen molar-refractivity contribution >= 4 is 0 Å². The molecule has 1 unspecified atom stereocenters. The summed E-state index contributed by atoms with van der Waals surface area (Å²) in [6.45, 7) is 8.25. The minimum atomic E-state index is -0.263. The van der Waals surface area contributed by atoms with Crippen LogP contribution in [0.2, 0.25) is 0 Å². The van der Waals surface area contributed by atoms with Crippen molar-refractivity contribution in [2.24, 2.45) is 0 Å². The fourth-order valence-electron chi connectivity index (χ4n) is 3.56. The Morgan fingerprint density at radius 2 is 1.70 bits per heavy atom. The predicted molar refractivity (Wildman–Crippen MR) is 108 cm³/mol. The Morgan fingerprint density at radius 1 is 1.04 bits per heavy atom. The molecule has 3 nitrogen and oxygen atoms in total. The van der Waals surface area contributed by atoms with Gasteiger partial charge in [-0.2, -0.15) is 0 Å². The van der Waals surface area contributed by atoms with Crippen molar-refractivity contribution in [2.45, 2.75) is 72.0 Å². The highest BCUT2D eigenvalue weighted by atomic mass is 19.1. The zero-order valence-electron chi connectivity index (χ0n) is 17.2. The number of aliphatic hydroxyl groups is 1. The van der Waals surface area contributed by atoms with E-state index in [1.165, 1.54) is 12.1 Å². The summed E-state index contributed by atoms with van der Waals surface area (Å²) in [6.07, 6.45) is 4.02. The Hall–Kier alpha value is -1.78. The van der Waals surface area contributed by atoms with Crippen LogP contribution in [0.1, 0.15) is 81.5 Å². The molecule has 0 aliphatic carbocycles. The highest BCUT2D eigenvalue weighted by Crippen LogP contribution is 2.37. The molecule has 27 heavy (non-hydrogen) atoms. The lowest BCUT2D eigenvalue weighted by atomic mass is 9.86. The number of benzene rings is 1. The Labute approximate surface area is 162 Å². The number of aliphatic hydroxyl groups excluding tert-OH is 1. The van der Waals surface area contributed by atoms with E-state index in [9.17, 15) is 9.50 Å². The van der Waals surface area contributed by atoms with Gasteiger partial charge in [-0.25, -0.2) is 4.39 Å². The van der Waals surface area contributed by atoms with E-state index in [4.69, 9.17) is 9.72 Å². The van der Waals surface area contributed by atoms with E-state index in [2.05, 4.69) is 20.8 Å². The molecule has 0 saturated carbocycles. The molecule has 0 aliphatic heterocycles. The predicted octanol–water partition coefficient (Wildman–Crippen LogP) is 5.94. The minimum absolute atomic E-state index is 0.0877. The second-order valence-electron chi connectivity index (χ2n) is 7.37. The SMILES string of the molecule is CCCCCc1c(C(C)OC)nc(C(C)C)c(CO)c1-c1ccc(F)cc1. The van der Waals surface area contributed by atoms with Gasteiger partial charge in [0.1, 0.15) is 5.82 Å². The molecule has 1 atom stereocenters. The van der Waals surface area contributed by atoms with E-state index < -0.39 is 0 Å². The molecular weight excluding hydrogens is 341 g/mol. The van der Waals surface area contributed by atoms with Crippen molar-refractivity contribution in [3.05, 3.63) is 52.6 Å². The average Bonchev–Trinajstić information content (AvgIpc) is 2.67. The zero-order chi connectivity index (χ0) is 20.0. The third kappa shape index (κ3) is 4.94. The van der Waals surface area contributed by atoms with Crippen LogP contribution in [0, 0.1) is 5.82 Å². The quantitative estimate of drug-likeness (QED) is 0.553. The summed E-state index contributed by atoms with van der Waals surface area (Å²) >= 11 is 0. The fraction of sp³-hybridized carbons (Fsp3) is 0.522. The minimum Gasteiger partial charge on any atom is -0.392 e. The number of methoxy groups -OCH3 is 1. The van der Waals surface area contributed by atoms with Gasteiger partial charge >= 0.3 is 0 Å². The van der Waals surface area contributed by atoms with Gasteiger partial charge in [0.15, 0.2) is 0 Å². The molecule has 1 heterocycles. The van der Waals surface area contributed by atoms with Crippen LogP contribution in [-0.4, -0.2) is 17.2 Å². The second kappa shape index (κ2) is 9.95. The van der Waals surface area contributed by atoms with Gasteiger partial charge < -0.3 is 9.84 Å². The highest BCUT2D eigenvalue weighted by molar-refractivity contribution is 5.73. The summed E-state index contributed by atoms with van der Waals surface area (Å²) in [6, 6.07) is 6.53. The zero-order valence-corrected chi connectivity index (χ0v) is 17.2. The molecule has 0 fully saturated rings. The summed E-state index contributed by atoms with van der Waals surface area (Å²) in [5.41, 5.74) is 5.67. The number of unbranched alkanes of at least 4 members (excludes halogenated alkanes) is 2. The van der Waals surface area contributed by atoms with Crippen molar-refractivity contribution in [1.29, 1.82) is 0 Å². The Bertz CT molecular complexity index is 741. The van der Waals surface area contributed by atoms with Gasteiger partial charge in [0.05, 0.1) is 18.4 Å². The molecule has 0 spiro atoms. The molecule has 0 aliphatic rings. The van der Waals surface area contributed by atoms with E-state index >= 15 is 0 Å². The van der Waals surface area contributed by atoms with Crippen molar-refractivity contribution < 1.29 is 14.2 Å². The van der Waals surface area contributed by atoms with Crippen molar-refractivity contribution in [3.63, 3.8) is 0 Å². The molecule has 2 rings (SSSR count). The van der Waals surface area contributed by atoms with E-state index in [1.54, 1.807) is 19.2 Å². The summed E-state index contributed by atoms with van der Waals surface area (Å²) in [5, 5.41) is 10.2. The second-order valence-corrected chi connectivity index (χ2v) is 7.37. The summed E-state index contributed by atoms with van der Waals surface area (Å²) in [7, 11) is 1.69. The van der Waals surface area contributed by atoms with Crippen LogP contribution in [0.5, 0.6) is 0 Å². The average molecular weight is 374 g/mol. The summed E-state index contributed by atoms with van der Waals surface area (Å²) in [4.78, 5) is 4.94. The molecule has 1 aromatic heterocycles. The molecule has 1 N–H and O–H groups in total. The number of pyridine rings is 1. The van der Waals surface area contributed by atoms with Gasteiger partial charge in [-0.05, 0) is 54.5 Å². The summed E-state index contributed by atoms with van der Waals surface area (Å²) < 4.78 is 19.1. The summed E-state index contributed by atoms with van der Waals surface area (Å²) in [5.74, 6) is -0.0979. The number of nitrogens with zero attached hydrogens (tertiary/aromatic N) is 1. The third-order valence-electron chi connectivity index (χ3n) is 5.07. The van der Waals surface area contributed by atoms with Crippen LogP contribution in [0.15, 0.2) is 24.3 Å². The lowest BCUT2D eigenvalue weighted by Gasteiger charge is -2.25. The maximum absolute atomic E-state index is 13.5. The van der Waals surface area contributed by atoms with E-state index in [0.717, 1.165) is 59.3 Å². The van der Waals surface area contributed by atoms with Crippen LogP contribution in [0.3, 0.4) is 0 Å². The maximum Gasteiger partial charge on any atom is 0.123 e. The number of halogens is 1. The van der Waals surface area contributed by atoms with Crippen molar-refractivity contribution in [1.82, 2.24) is 4.98 Å². The highest BCUT2D eigenvalue weighted by Gasteiger charge is 2.24. The number of hydrogen-bond acceptors (Lipinski definition) is 3. The van der Waals surface area contributed by atoms with Crippen LogP contribution in [0.25, 0.3) is 11.1 Å². The van der Waals surface area contributed by atoms with E-state index in [-0.39, 0.29) is 24.4 Å². The molecule has 2 aromatic rings. The normalized spacial score (nSPS) is 12.6. The Kier molecular flexibility index (Phi) is 7.93. The standard InChI is InChI=1S/C23H32FNO2/c1-6-7-8-9-19-21(17-10-12-18(24)13-11-17)20(14-26)22(15(2)3)25-23(19)16(4)27-5/h10-13,15-16,26H,6-9,14H2,1-5H3. The first-order chi connectivity index (χ1) is 12.9. The van der Waals surface area contributed by atoms with Gasteiger partial charge in [-0.1, -0.05) is 45.7 Å². The number of hydrogen-bond donors (Lipinski definition) is 1. The van der Waals surface area contributed by atoms with E-state index in [1.807, 2.05) is 6.92 Å². The number of rotatable bonds is 9. The first-order valence-electron chi connectivity index (χ1n) is 9.89. The molecule has 0 saturated heterocycles. The smallest absolute Gasteiger partial charge is 0.123 e. The number of aromatic nitrogens is 1. The Morgan fingerprint density at radius 3 is 2.22 bits per heavy atom. The van der Waals surface area contributed by atoms with Gasteiger partial charge in [0.25, 0.3) is 0 Å². The molecule has 1 aromatic carbocycles. The first-order valence-corrected chi connectivity index (χ1v) is 9.89. The van der Waals surface area contributed by atoms with Crippen LogP contribution >= 0.6 is 0 Å². The molecule has 0 bridgehead atoms. The first kappa shape index (κ1) is 21.5. The van der Waals surface area contributed by atoms with Gasteiger partial charge in [-0.3, -0.25) is 4.98 Å². The molecular formula is C23H32FNO2. The lowest BCUT2D eigenvalue weighted by molar-refractivity contribution is 0.115. The molecule has 148 valence electrons. The van der Waals surface area contributed by atoms with Crippen LogP contribution < -0.4 is 0 Å². The van der Waals surface area contributed by atoms with Gasteiger partial charge in [0, 0.05) is 18.4 Å².